The van der Waals surface area contributed by atoms with Crippen LogP contribution >= 0.6 is 12.2 Å². The molecule has 1 saturated heterocycles. The number of piperazine rings is 1. The largest absolute Gasteiger partial charge is 0.497 e. The lowest BCUT2D eigenvalue weighted by Crippen LogP contribution is -2.49. The Balaban J connectivity index is 1.54. The lowest BCUT2D eigenvalue weighted by atomic mass is 10.1. The molecule has 144 valence electrons. The molecule has 5 nitrogen and oxygen atoms in total. The van der Waals surface area contributed by atoms with Crippen molar-refractivity contribution in [2.75, 3.05) is 45.7 Å². The fraction of sp³-hybridized carbons (Fsp3) is 0.350. The Morgan fingerprint density at radius 1 is 1.07 bits per heavy atom. The van der Waals surface area contributed by atoms with Crippen molar-refractivity contribution in [1.82, 2.24) is 9.80 Å². The molecule has 1 heterocycles. The van der Waals surface area contributed by atoms with Crippen LogP contribution in [0.25, 0.3) is 0 Å². The van der Waals surface area contributed by atoms with Crippen LogP contribution < -0.4 is 14.8 Å². The molecule has 0 bridgehead atoms. The molecule has 0 aliphatic carbocycles. The Hall–Kier alpha value is -2.38. The van der Waals surface area contributed by atoms with E-state index in [0.717, 1.165) is 43.2 Å². The van der Waals surface area contributed by atoms with Gasteiger partial charge in [0, 0.05) is 50.0 Å². The van der Waals surface area contributed by atoms with Gasteiger partial charge in [0.15, 0.2) is 5.11 Å². The summed E-state index contributed by atoms with van der Waals surface area (Å²) in [5.41, 5.74) is 1.77. The highest BCUT2D eigenvalue weighted by molar-refractivity contribution is 7.80. The highest BCUT2D eigenvalue weighted by Gasteiger charge is 2.20. The molecule has 0 amide bonds. The van der Waals surface area contributed by atoms with Gasteiger partial charge in [-0.15, -0.1) is 0 Å². The van der Waals surface area contributed by atoms with Gasteiger partial charge in [-0.25, -0.2) is 4.39 Å². The van der Waals surface area contributed by atoms with Gasteiger partial charge >= 0.3 is 0 Å². The monoisotopic (exact) mass is 389 g/mol. The third kappa shape index (κ3) is 5.08. The fourth-order valence-electron chi connectivity index (χ4n) is 3.12. The number of nitrogens with one attached hydrogen (secondary N) is 1. The predicted octanol–water partition coefficient (Wildman–Crippen LogP) is 3.36. The number of nitrogens with zero attached hydrogens (tertiary/aromatic N) is 2. The van der Waals surface area contributed by atoms with E-state index in [1.54, 1.807) is 26.4 Å². The molecule has 0 aromatic heterocycles. The van der Waals surface area contributed by atoms with Crippen LogP contribution in [0.1, 0.15) is 5.56 Å². The number of hydrogen-bond acceptors (Lipinski definition) is 4. The van der Waals surface area contributed by atoms with Crippen molar-refractivity contribution in [2.24, 2.45) is 0 Å². The van der Waals surface area contributed by atoms with Crippen molar-refractivity contribution in [1.29, 1.82) is 0 Å². The minimum Gasteiger partial charge on any atom is -0.497 e. The average Bonchev–Trinajstić information content (AvgIpc) is 2.69. The number of hydrogen-bond donors (Lipinski definition) is 1. The van der Waals surface area contributed by atoms with Gasteiger partial charge in [0.2, 0.25) is 0 Å². The standard InChI is InChI=1S/C20H24FN3O2S/c1-25-18-5-3-4-17(13-18)22-20(27)24-10-8-23(9-11-24)14-15-12-16(21)6-7-19(15)26-2/h3-7,12-13H,8-11,14H2,1-2H3,(H,22,27). The van der Waals surface area contributed by atoms with Crippen molar-refractivity contribution in [2.45, 2.75) is 6.54 Å². The Kier molecular flexibility index (Phi) is 6.47. The summed E-state index contributed by atoms with van der Waals surface area (Å²) in [5.74, 6) is 1.26. The molecule has 1 aliphatic heterocycles. The van der Waals surface area contributed by atoms with E-state index in [1.807, 2.05) is 24.3 Å². The fourth-order valence-corrected chi connectivity index (χ4v) is 3.42. The maximum absolute atomic E-state index is 13.6. The molecular weight excluding hydrogens is 365 g/mol. The van der Waals surface area contributed by atoms with Crippen molar-refractivity contribution in [3.05, 3.63) is 53.8 Å². The SMILES string of the molecule is COc1cccc(NC(=S)N2CCN(Cc3cc(F)ccc3OC)CC2)c1. The molecule has 0 unspecified atom stereocenters. The molecule has 0 spiro atoms. The number of halogens is 1. The Labute approximate surface area is 164 Å². The Morgan fingerprint density at radius 2 is 1.85 bits per heavy atom. The van der Waals surface area contributed by atoms with Gasteiger partial charge in [-0.05, 0) is 42.5 Å². The van der Waals surface area contributed by atoms with E-state index in [2.05, 4.69) is 15.1 Å². The summed E-state index contributed by atoms with van der Waals surface area (Å²) in [6.07, 6.45) is 0. The minimum atomic E-state index is -0.242. The summed E-state index contributed by atoms with van der Waals surface area (Å²) in [6.45, 7) is 3.98. The van der Waals surface area contributed by atoms with Gasteiger partial charge in [-0.2, -0.15) is 0 Å². The first-order chi connectivity index (χ1) is 13.1. The van der Waals surface area contributed by atoms with Gasteiger partial charge in [0.05, 0.1) is 14.2 Å². The van der Waals surface area contributed by atoms with Crippen LogP contribution in [0.3, 0.4) is 0 Å². The second-order valence-corrected chi connectivity index (χ2v) is 6.77. The van der Waals surface area contributed by atoms with Crippen molar-refractivity contribution in [3.63, 3.8) is 0 Å². The lowest BCUT2D eigenvalue weighted by molar-refractivity contribution is 0.175. The first-order valence-corrected chi connectivity index (χ1v) is 9.24. The van der Waals surface area contributed by atoms with Crippen LogP contribution in [-0.4, -0.2) is 55.3 Å². The zero-order chi connectivity index (χ0) is 19.2. The van der Waals surface area contributed by atoms with E-state index in [0.29, 0.717) is 17.4 Å². The van der Waals surface area contributed by atoms with Crippen LogP contribution in [0.4, 0.5) is 10.1 Å². The maximum atomic E-state index is 13.6. The molecule has 2 aromatic rings. The van der Waals surface area contributed by atoms with Crippen LogP contribution in [0.2, 0.25) is 0 Å². The summed E-state index contributed by atoms with van der Waals surface area (Å²) in [4.78, 5) is 4.43. The predicted molar refractivity (Wildman–Crippen MR) is 109 cm³/mol. The molecule has 0 saturated carbocycles. The number of rotatable bonds is 5. The summed E-state index contributed by atoms with van der Waals surface area (Å²) < 4.78 is 24.1. The van der Waals surface area contributed by atoms with E-state index < -0.39 is 0 Å². The highest BCUT2D eigenvalue weighted by Crippen LogP contribution is 2.22. The number of benzene rings is 2. The topological polar surface area (TPSA) is 37.0 Å². The van der Waals surface area contributed by atoms with Gasteiger partial charge in [-0.1, -0.05) is 6.07 Å². The van der Waals surface area contributed by atoms with E-state index in [1.165, 1.54) is 6.07 Å². The number of thiocarbonyl (C=S) groups is 1. The molecular formula is C20H24FN3O2S. The minimum absolute atomic E-state index is 0.242. The number of ether oxygens (including phenoxy) is 2. The zero-order valence-corrected chi connectivity index (χ0v) is 16.4. The maximum Gasteiger partial charge on any atom is 0.173 e. The number of anilines is 1. The average molecular weight is 389 g/mol. The van der Waals surface area contributed by atoms with Gasteiger partial charge in [0.1, 0.15) is 17.3 Å². The first-order valence-electron chi connectivity index (χ1n) is 8.84. The van der Waals surface area contributed by atoms with Crippen LogP contribution in [0, 0.1) is 5.82 Å². The molecule has 7 heteroatoms. The molecule has 1 N–H and O–H groups in total. The van der Waals surface area contributed by atoms with Crippen molar-refractivity contribution in [3.8, 4) is 11.5 Å². The van der Waals surface area contributed by atoms with E-state index in [-0.39, 0.29) is 5.82 Å². The van der Waals surface area contributed by atoms with Gasteiger partial charge in [-0.3, -0.25) is 4.90 Å². The molecule has 1 aliphatic rings. The third-order valence-corrected chi connectivity index (χ3v) is 4.98. The molecule has 0 atom stereocenters. The second-order valence-electron chi connectivity index (χ2n) is 6.38. The van der Waals surface area contributed by atoms with Gasteiger partial charge in [0.25, 0.3) is 0 Å². The molecule has 2 aromatic carbocycles. The Bertz CT molecular complexity index is 795. The lowest BCUT2D eigenvalue weighted by Gasteiger charge is -2.36. The molecule has 27 heavy (non-hydrogen) atoms. The van der Waals surface area contributed by atoms with E-state index in [4.69, 9.17) is 21.7 Å². The normalized spacial score (nSPS) is 14.7. The Morgan fingerprint density at radius 3 is 2.56 bits per heavy atom. The van der Waals surface area contributed by atoms with Crippen molar-refractivity contribution < 1.29 is 13.9 Å². The van der Waals surface area contributed by atoms with E-state index >= 15 is 0 Å². The summed E-state index contributed by atoms with van der Waals surface area (Å²) in [6, 6.07) is 12.3. The second kappa shape index (κ2) is 9.01. The smallest absolute Gasteiger partial charge is 0.173 e. The van der Waals surface area contributed by atoms with Crippen molar-refractivity contribution >= 4 is 23.0 Å². The number of methoxy groups -OCH3 is 2. The van der Waals surface area contributed by atoms with Crippen LogP contribution in [-0.2, 0) is 6.54 Å². The molecule has 1 fully saturated rings. The van der Waals surface area contributed by atoms with E-state index in [9.17, 15) is 4.39 Å². The first kappa shape index (κ1) is 19.4. The third-order valence-electron chi connectivity index (χ3n) is 4.62. The summed E-state index contributed by atoms with van der Waals surface area (Å²) >= 11 is 5.55. The molecule has 3 rings (SSSR count). The molecule has 0 radical (unpaired) electrons. The van der Waals surface area contributed by atoms with Crippen LogP contribution in [0.5, 0.6) is 11.5 Å². The quantitative estimate of drug-likeness (QED) is 0.791. The van der Waals surface area contributed by atoms with Crippen LogP contribution in [0.15, 0.2) is 42.5 Å². The summed E-state index contributed by atoms with van der Waals surface area (Å²) in [7, 11) is 3.25. The van der Waals surface area contributed by atoms with Gasteiger partial charge < -0.3 is 19.7 Å². The summed E-state index contributed by atoms with van der Waals surface area (Å²) in [5, 5.41) is 3.97. The highest BCUT2D eigenvalue weighted by atomic mass is 32.1. The zero-order valence-electron chi connectivity index (χ0n) is 15.6.